The lowest BCUT2D eigenvalue weighted by Crippen LogP contribution is -2.16. The molecule has 0 saturated heterocycles. The molecule has 2 aromatic carbocycles. The van der Waals surface area contributed by atoms with E-state index < -0.39 is 15.8 Å². The minimum atomic E-state index is -3.89. The minimum Gasteiger partial charge on any atom is -0.315 e. The van der Waals surface area contributed by atoms with Gasteiger partial charge in [0, 0.05) is 11.0 Å². The highest BCUT2D eigenvalue weighted by molar-refractivity contribution is 9.10. The van der Waals surface area contributed by atoms with Gasteiger partial charge in [-0.25, -0.2) is 4.39 Å². The molecule has 0 aliphatic heterocycles. The van der Waals surface area contributed by atoms with Crippen LogP contribution in [0.3, 0.4) is 0 Å². The van der Waals surface area contributed by atoms with Crippen molar-refractivity contribution in [2.45, 2.75) is 18.4 Å². The summed E-state index contributed by atoms with van der Waals surface area (Å²) in [5.74, 6) is -0.488. The molecule has 3 rings (SSSR count). The van der Waals surface area contributed by atoms with Gasteiger partial charge in [-0.1, -0.05) is 17.4 Å². The topological polar surface area (TPSA) is 51.4 Å². The normalized spacial score (nSPS) is 12.9. The average molecular weight is 415 g/mol. The lowest BCUT2D eigenvalue weighted by Gasteiger charge is -2.02. The van der Waals surface area contributed by atoms with Crippen LogP contribution in [0, 0.1) is 5.82 Å². The van der Waals surface area contributed by atoms with Crippen LogP contribution in [0.4, 0.5) is 4.39 Å². The molecular formula is C15H12BrFN2O2S2. The van der Waals surface area contributed by atoms with Crippen LogP contribution < -0.4 is 4.80 Å². The summed E-state index contributed by atoms with van der Waals surface area (Å²) in [5.41, 5.74) is 0.910. The first-order valence-corrected chi connectivity index (χ1v) is 9.82. The highest BCUT2D eigenvalue weighted by atomic mass is 79.9. The van der Waals surface area contributed by atoms with Crippen molar-refractivity contribution < 1.29 is 12.8 Å². The number of thiazole rings is 1. The van der Waals surface area contributed by atoms with Crippen molar-refractivity contribution in [2.24, 2.45) is 4.40 Å². The number of hydrogen-bond donors (Lipinski definition) is 0. The van der Waals surface area contributed by atoms with Gasteiger partial charge in [0.25, 0.3) is 10.0 Å². The monoisotopic (exact) mass is 414 g/mol. The van der Waals surface area contributed by atoms with Crippen molar-refractivity contribution in [3.8, 4) is 0 Å². The molecule has 1 heterocycles. The van der Waals surface area contributed by atoms with E-state index in [9.17, 15) is 12.8 Å². The number of fused-ring (bicyclic) bond motifs is 1. The first-order chi connectivity index (χ1) is 10.9. The molecule has 0 fully saturated rings. The zero-order valence-corrected chi connectivity index (χ0v) is 15.3. The lowest BCUT2D eigenvalue weighted by molar-refractivity contribution is 0.594. The Morgan fingerprint density at radius 3 is 2.57 bits per heavy atom. The Morgan fingerprint density at radius 2 is 1.91 bits per heavy atom. The van der Waals surface area contributed by atoms with Crippen LogP contribution in [0.2, 0.25) is 0 Å². The first-order valence-electron chi connectivity index (χ1n) is 6.77. The standard InChI is InChI=1S/C15H12BrFN2O2S2/c1-2-19-14-12(16)4-3-5-13(14)22-15(19)18-23(20,21)11-8-6-10(17)7-9-11/h3-9H,2H2,1H3/b18-15-. The Bertz CT molecular complexity index is 1040. The molecule has 0 spiro atoms. The summed E-state index contributed by atoms with van der Waals surface area (Å²) < 4.78 is 45.5. The number of rotatable bonds is 3. The molecule has 120 valence electrons. The van der Waals surface area contributed by atoms with Gasteiger partial charge in [-0.05, 0) is 59.3 Å². The van der Waals surface area contributed by atoms with Gasteiger partial charge in [0.05, 0.1) is 15.1 Å². The van der Waals surface area contributed by atoms with E-state index in [1.165, 1.54) is 23.5 Å². The summed E-state index contributed by atoms with van der Waals surface area (Å²) >= 11 is 4.79. The molecule has 0 radical (unpaired) electrons. The Balaban J connectivity index is 2.25. The Hall–Kier alpha value is -1.51. The second kappa shape index (κ2) is 6.18. The SMILES string of the molecule is CCn1/c(=N/S(=O)(=O)c2ccc(F)cc2)sc2cccc(Br)c21. The molecule has 0 aliphatic rings. The minimum absolute atomic E-state index is 0.0296. The van der Waals surface area contributed by atoms with Gasteiger partial charge in [0.1, 0.15) is 5.82 Å². The number of para-hydroxylation sites is 1. The maximum absolute atomic E-state index is 13.0. The largest absolute Gasteiger partial charge is 0.315 e. The van der Waals surface area contributed by atoms with Crippen LogP contribution in [0.15, 0.2) is 56.2 Å². The summed E-state index contributed by atoms with van der Waals surface area (Å²) in [5, 5.41) is 0. The van der Waals surface area contributed by atoms with Gasteiger partial charge < -0.3 is 4.57 Å². The number of halogens is 2. The first kappa shape index (κ1) is 16.4. The summed E-state index contributed by atoms with van der Waals surface area (Å²) in [4.78, 5) is 0.358. The molecule has 1 aromatic heterocycles. The van der Waals surface area contributed by atoms with Crippen LogP contribution in [0.25, 0.3) is 10.2 Å². The average Bonchev–Trinajstić information content (AvgIpc) is 2.85. The van der Waals surface area contributed by atoms with E-state index >= 15 is 0 Å². The zero-order chi connectivity index (χ0) is 16.6. The number of hydrogen-bond acceptors (Lipinski definition) is 3. The van der Waals surface area contributed by atoms with Crippen molar-refractivity contribution >= 4 is 47.5 Å². The third-order valence-corrected chi connectivity index (χ3v) is 6.36. The summed E-state index contributed by atoms with van der Waals surface area (Å²) in [6, 6.07) is 10.4. The summed E-state index contributed by atoms with van der Waals surface area (Å²) in [6.45, 7) is 2.51. The third-order valence-electron chi connectivity index (χ3n) is 3.28. The van der Waals surface area contributed by atoms with Crippen LogP contribution in [0.5, 0.6) is 0 Å². The van der Waals surface area contributed by atoms with E-state index in [0.29, 0.717) is 11.3 Å². The van der Waals surface area contributed by atoms with E-state index in [1.807, 2.05) is 29.7 Å². The third kappa shape index (κ3) is 3.11. The number of aryl methyl sites for hydroxylation is 1. The highest BCUT2D eigenvalue weighted by Gasteiger charge is 2.15. The van der Waals surface area contributed by atoms with Gasteiger partial charge in [-0.2, -0.15) is 8.42 Å². The smallest absolute Gasteiger partial charge is 0.285 e. The fraction of sp³-hybridized carbons (Fsp3) is 0.133. The van der Waals surface area contributed by atoms with Crippen molar-refractivity contribution in [3.05, 3.63) is 57.6 Å². The predicted octanol–water partition coefficient (Wildman–Crippen LogP) is 3.91. The number of benzene rings is 2. The molecule has 23 heavy (non-hydrogen) atoms. The molecule has 0 aliphatic carbocycles. The van der Waals surface area contributed by atoms with E-state index in [2.05, 4.69) is 20.3 Å². The maximum Gasteiger partial charge on any atom is 0.285 e. The van der Waals surface area contributed by atoms with Gasteiger partial charge in [-0.3, -0.25) is 0 Å². The quantitative estimate of drug-likeness (QED) is 0.651. The fourth-order valence-corrected chi connectivity index (χ4v) is 5.25. The summed E-state index contributed by atoms with van der Waals surface area (Å²) in [7, 11) is -3.89. The molecule has 0 bridgehead atoms. The predicted molar refractivity (Wildman–Crippen MR) is 92.3 cm³/mol. The van der Waals surface area contributed by atoms with E-state index in [1.54, 1.807) is 0 Å². The van der Waals surface area contributed by atoms with Crippen molar-refractivity contribution in [1.82, 2.24) is 4.57 Å². The second-order valence-electron chi connectivity index (χ2n) is 4.74. The van der Waals surface area contributed by atoms with E-state index in [-0.39, 0.29) is 4.90 Å². The molecular weight excluding hydrogens is 403 g/mol. The Morgan fingerprint density at radius 1 is 1.22 bits per heavy atom. The molecule has 0 unspecified atom stereocenters. The van der Waals surface area contributed by atoms with E-state index in [4.69, 9.17) is 0 Å². The van der Waals surface area contributed by atoms with E-state index in [0.717, 1.165) is 26.8 Å². The van der Waals surface area contributed by atoms with Gasteiger partial charge in [0.15, 0.2) is 0 Å². The van der Waals surface area contributed by atoms with Gasteiger partial charge in [-0.15, -0.1) is 4.40 Å². The fourth-order valence-electron chi connectivity index (χ4n) is 2.21. The number of sulfonamides is 1. The van der Waals surface area contributed by atoms with Crippen LogP contribution in [0.1, 0.15) is 6.92 Å². The zero-order valence-electron chi connectivity index (χ0n) is 12.0. The molecule has 0 amide bonds. The van der Waals surface area contributed by atoms with Gasteiger partial charge in [0.2, 0.25) is 4.80 Å². The number of nitrogens with zero attached hydrogens (tertiary/aromatic N) is 2. The second-order valence-corrected chi connectivity index (χ2v) is 8.20. The Kier molecular flexibility index (Phi) is 4.39. The number of aromatic nitrogens is 1. The molecule has 4 nitrogen and oxygen atoms in total. The van der Waals surface area contributed by atoms with Crippen LogP contribution >= 0.6 is 27.3 Å². The van der Waals surface area contributed by atoms with Crippen molar-refractivity contribution in [2.75, 3.05) is 0 Å². The molecule has 3 aromatic rings. The maximum atomic E-state index is 13.0. The molecule has 0 N–H and O–H groups in total. The molecule has 8 heteroatoms. The summed E-state index contributed by atoms with van der Waals surface area (Å²) in [6.07, 6.45) is 0. The molecule has 0 atom stereocenters. The molecule has 0 saturated carbocycles. The highest BCUT2D eigenvalue weighted by Crippen LogP contribution is 2.26. The Labute approximate surface area is 145 Å². The van der Waals surface area contributed by atoms with Gasteiger partial charge >= 0.3 is 0 Å². The lowest BCUT2D eigenvalue weighted by atomic mass is 10.3. The van der Waals surface area contributed by atoms with Crippen LogP contribution in [-0.2, 0) is 16.6 Å². The van der Waals surface area contributed by atoms with Crippen molar-refractivity contribution in [1.29, 1.82) is 0 Å². The van der Waals surface area contributed by atoms with Crippen LogP contribution in [-0.4, -0.2) is 13.0 Å². The van der Waals surface area contributed by atoms with Crippen molar-refractivity contribution in [3.63, 3.8) is 0 Å².